The van der Waals surface area contributed by atoms with Gasteiger partial charge in [-0.2, -0.15) is 0 Å². The number of rotatable bonds is 46. The predicted octanol–water partition coefficient (Wildman–Crippen LogP) is 13.2. The first-order valence-corrected chi connectivity index (χ1v) is 25.6. The molecule has 344 valence electrons. The summed E-state index contributed by atoms with van der Waals surface area (Å²) < 4.78 is 32.7. The summed E-state index contributed by atoms with van der Waals surface area (Å²) in [4.78, 5) is 34.6. The van der Waals surface area contributed by atoms with E-state index in [4.69, 9.17) is 18.5 Å². The third-order valence-corrected chi connectivity index (χ3v) is 11.7. The van der Waals surface area contributed by atoms with Crippen LogP contribution in [-0.4, -0.2) is 65.7 Å². The van der Waals surface area contributed by atoms with Crippen LogP contribution in [0.15, 0.2) is 12.2 Å². The number of carbonyl (C=O) groups excluding carboxylic acids is 2. The third kappa shape index (κ3) is 41.4. The molecule has 0 aliphatic rings. The van der Waals surface area contributed by atoms with Crippen LogP contribution in [-0.2, 0) is 32.7 Å². The fourth-order valence-electron chi connectivity index (χ4n) is 6.99. The van der Waals surface area contributed by atoms with Gasteiger partial charge in [0.2, 0.25) is 0 Å². The second-order valence-electron chi connectivity index (χ2n) is 16.5. The largest absolute Gasteiger partial charge is 0.472 e. The molecule has 0 rings (SSSR count). The second kappa shape index (κ2) is 43.8. The van der Waals surface area contributed by atoms with Crippen LogP contribution in [0.2, 0.25) is 0 Å². The Hall–Kier alpha value is -1.29. The highest BCUT2D eigenvalue weighted by atomic mass is 31.2. The molecule has 0 fully saturated rings. The first-order valence-electron chi connectivity index (χ1n) is 24.1. The molecule has 0 radical (unpaired) electrons. The zero-order chi connectivity index (χ0) is 42.6. The Labute approximate surface area is 356 Å². The third-order valence-electron chi connectivity index (χ3n) is 10.7. The van der Waals surface area contributed by atoms with Crippen molar-refractivity contribution in [2.45, 2.75) is 251 Å². The van der Waals surface area contributed by atoms with Crippen LogP contribution >= 0.6 is 7.82 Å². The van der Waals surface area contributed by atoms with E-state index in [1.807, 2.05) is 0 Å². The van der Waals surface area contributed by atoms with Crippen LogP contribution in [0.5, 0.6) is 0 Å². The Morgan fingerprint density at radius 2 is 0.707 bits per heavy atom. The molecule has 10 nitrogen and oxygen atoms in total. The van der Waals surface area contributed by atoms with Gasteiger partial charge in [-0.05, 0) is 38.5 Å². The number of unbranched alkanes of at least 4 members (excludes halogenated alkanes) is 30. The van der Waals surface area contributed by atoms with Gasteiger partial charge in [0.05, 0.1) is 26.4 Å². The molecular weight excluding hydrogens is 755 g/mol. The van der Waals surface area contributed by atoms with Crippen LogP contribution in [0.1, 0.15) is 239 Å². The summed E-state index contributed by atoms with van der Waals surface area (Å²) in [7, 11) is -4.63. The summed E-state index contributed by atoms with van der Waals surface area (Å²) in [6.45, 7) is 2.25. The molecule has 3 unspecified atom stereocenters. The zero-order valence-corrected chi connectivity index (χ0v) is 38.4. The number of allylic oxidation sites excluding steroid dienone is 2. The lowest BCUT2D eigenvalue weighted by Crippen LogP contribution is -2.28. The molecule has 0 saturated heterocycles. The van der Waals surface area contributed by atoms with Crippen molar-refractivity contribution in [2.75, 3.05) is 26.4 Å². The van der Waals surface area contributed by atoms with Gasteiger partial charge in [-0.1, -0.05) is 199 Å². The topological polar surface area (TPSA) is 149 Å². The van der Waals surface area contributed by atoms with Crippen LogP contribution in [0.3, 0.4) is 0 Å². The van der Waals surface area contributed by atoms with Gasteiger partial charge in [0.1, 0.15) is 12.2 Å². The van der Waals surface area contributed by atoms with Crippen LogP contribution in [0.25, 0.3) is 0 Å². The lowest BCUT2D eigenvalue weighted by atomic mass is 10.0. The molecule has 0 bridgehead atoms. The van der Waals surface area contributed by atoms with Gasteiger partial charge in [0, 0.05) is 12.8 Å². The summed E-state index contributed by atoms with van der Waals surface area (Å²) in [5, 5.41) is 19.2. The average Bonchev–Trinajstić information content (AvgIpc) is 3.21. The summed E-state index contributed by atoms with van der Waals surface area (Å²) in [6.07, 6.45) is 43.2. The Kier molecular flexibility index (Phi) is 42.8. The molecule has 0 spiro atoms. The molecule has 58 heavy (non-hydrogen) atoms. The van der Waals surface area contributed by atoms with Gasteiger partial charge in [0.15, 0.2) is 0 Å². The summed E-state index contributed by atoms with van der Waals surface area (Å²) >= 11 is 0. The van der Waals surface area contributed by atoms with E-state index in [1.165, 1.54) is 154 Å². The van der Waals surface area contributed by atoms with Crippen molar-refractivity contribution in [3.63, 3.8) is 0 Å². The maximum Gasteiger partial charge on any atom is 0.472 e. The Morgan fingerprint density at radius 3 is 0.983 bits per heavy atom. The van der Waals surface area contributed by atoms with Crippen LogP contribution in [0, 0.1) is 0 Å². The molecule has 0 saturated carbocycles. The number of carbonyl (C=O) groups is 2. The molecule has 3 atom stereocenters. The van der Waals surface area contributed by atoms with Crippen molar-refractivity contribution in [1.82, 2.24) is 0 Å². The number of aliphatic hydroxyl groups excluding tert-OH is 2. The molecule has 0 amide bonds. The molecule has 0 aromatic rings. The van der Waals surface area contributed by atoms with Crippen molar-refractivity contribution in [3.8, 4) is 0 Å². The minimum Gasteiger partial charge on any atom is -0.457 e. The number of phosphoric acid groups is 1. The number of hydrogen-bond acceptors (Lipinski definition) is 9. The van der Waals surface area contributed by atoms with Gasteiger partial charge < -0.3 is 24.6 Å². The van der Waals surface area contributed by atoms with Crippen molar-refractivity contribution >= 4 is 19.8 Å². The molecule has 0 aliphatic carbocycles. The number of ether oxygens (including phenoxy) is 2. The summed E-state index contributed by atoms with van der Waals surface area (Å²) in [5.41, 5.74) is 0. The van der Waals surface area contributed by atoms with E-state index in [2.05, 4.69) is 26.0 Å². The molecule has 0 aromatic heterocycles. The van der Waals surface area contributed by atoms with Gasteiger partial charge in [-0.3, -0.25) is 18.6 Å². The van der Waals surface area contributed by atoms with Crippen LogP contribution in [0.4, 0.5) is 0 Å². The Morgan fingerprint density at radius 1 is 0.448 bits per heavy atom. The van der Waals surface area contributed by atoms with Crippen molar-refractivity contribution in [1.29, 1.82) is 0 Å². The second-order valence-corrected chi connectivity index (χ2v) is 17.9. The number of phosphoric ester groups is 1. The maximum atomic E-state index is 12.4. The van der Waals surface area contributed by atoms with E-state index >= 15 is 0 Å². The molecule has 11 heteroatoms. The van der Waals surface area contributed by atoms with Crippen molar-refractivity contribution in [2.24, 2.45) is 0 Å². The zero-order valence-electron chi connectivity index (χ0n) is 37.5. The first-order chi connectivity index (χ1) is 28.3. The fourth-order valence-corrected chi connectivity index (χ4v) is 7.78. The normalized spacial score (nSPS) is 13.8. The van der Waals surface area contributed by atoms with Crippen molar-refractivity contribution < 1.29 is 47.8 Å². The highest BCUT2D eigenvalue weighted by molar-refractivity contribution is 7.47. The van der Waals surface area contributed by atoms with E-state index in [1.54, 1.807) is 0 Å². The lowest BCUT2D eigenvalue weighted by molar-refractivity contribution is -0.153. The average molecular weight is 847 g/mol. The summed E-state index contributed by atoms with van der Waals surface area (Å²) in [5.74, 6) is -1.01. The maximum absolute atomic E-state index is 12.4. The smallest absolute Gasteiger partial charge is 0.457 e. The van der Waals surface area contributed by atoms with E-state index in [0.717, 1.165) is 44.9 Å². The molecule has 0 heterocycles. The Balaban J connectivity index is 3.85. The van der Waals surface area contributed by atoms with Crippen molar-refractivity contribution in [3.05, 3.63) is 12.2 Å². The van der Waals surface area contributed by atoms with E-state index < -0.39 is 58.4 Å². The minimum atomic E-state index is -4.63. The number of esters is 2. The quantitative estimate of drug-likeness (QED) is 0.0234. The number of hydrogen-bond donors (Lipinski definition) is 3. The first kappa shape index (κ1) is 56.7. The van der Waals surface area contributed by atoms with Gasteiger partial charge in [-0.25, -0.2) is 4.57 Å². The van der Waals surface area contributed by atoms with E-state index in [9.17, 15) is 29.3 Å². The standard InChI is InChI=1S/C47H91O10P/c1-3-5-7-9-11-13-15-17-19-21-23-25-27-29-31-33-35-37-39-47(51)57-45(41-49)43-55-58(52,53)54-42-44(40-48)56-46(50)38-36-34-32-30-28-26-24-22-20-18-16-14-12-10-8-6-4-2/h18,20,44-45,48-49H,3-17,19,21-43H2,1-2H3,(H,52,53)/b20-18-. The number of aliphatic hydroxyl groups is 2. The lowest BCUT2D eigenvalue weighted by Gasteiger charge is -2.20. The highest BCUT2D eigenvalue weighted by Crippen LogP contribution is 2.43. The SMILES string of the molecule is CCCCCCCC/C=C\CCCCCCCCCC(=O)OC(CO)COP(=O)(O)OCC(CO)OC(=O)CCCCCCCCCCCCCCCCCCCC. The Bertz CT molecular complexity index is 977. The molecule has 0 aromatic carbocycles. The predicted molar refractivity (Wildman–Crippen MR) is 238 cm³/mol. The fraction of sp³-hybridized carbons (Fsp3) is 0.915. The molecule has 3 N–H and O–H groups in total. The molecular formula is C47H91O10P. The van der Waals surface area contributed by atoms with Gasteiger partial charge in [0.25, 0.3) is 0 Å². The highest BCUT2D eigenvalue weighted by Gasteiger charge is 2.27. The van der Waals surface area contributed by atoms with E-state index in [-0.39, 0.29) is 12.8 Å². The minimum absolute atomic E-state index is 0.191. The van der Waals surface area contributed by atoms with E-state index in [0.29, 0.717) is 12.8 Å². The summed E-state index contributed by atoms with van der Waals surface area (Å²) in [6, 6.07) is 0. The van der Waals surface area contributed by atoms with Gasteiger partial charge >= 0.3 is 19.8 Å². The molecule has 0 aliphatic heterocycles. The van der Waals surface area contributed by atoms with Crippen LogP contribution < -0.4 is 0 Å². The van der Waals surface area contributed by atoms with Gasteiger partial charge in [-0.15, -0.1) is 0 Å². The monoisotopic (exact) mass is 847 g/mol.